The summed E-state index contributed by atoms with van der Waals surface area (Å²) in [5, 5.41) is 13.6. The zero-order chi connectivity index (χ0) is 31.4. The van der Waals surface area contributed by atoms with Crippen LogP contribution in [0.4, 0.5) is 14.5 Å². The first-order valence-electron chi connectivity index (χ1n) is 14.4. The number of hydrogen-bond acceptors (Lipinski definition) is 10. The van der Waals surface area contributed by atoms with Crippen molar-refractivity contribution in [2.45, 2.75) is 71.4 Å². The van der Waals surface area contributed by atoms with E-state index in [1.54, 1.807) is 22.5 Å². The number of pyridine rings is 1. The van der Waals surface area contributed by atoms with Gasteiger partial charge in [0.15, 0.2) is 12.5 Å². The number of ether oxygens (including phenoxy) is 2. The van der Waals surface area contributed by atoms with Crippen LogP contribution in [0, 0.1) is 17.7 Å². The number of hydrogen-bond donors (Lipinski definition) is 2. The zero-order valence-electron chi connectivity index (χ0n) is 24.6. The molecule has 3 N–H and O–H groups in total. The van der Waals surface area contributed by atoms with Gasteiger partial charge in [0.1, 0.15) is 28.1 Å². The Bertz CT molecular complexity index is 1610. The van der Waals surface area contributed by atoms with E-state index in [9.17, 15) is 18.4 Å². The van der Waals surface area contributed by atoms with Crippen LogP contribution < -0.4 is 11.1 Å². The summed E-state index contributed by atoms with van der Waals surface area (Å²) in [6.45, 7) is 6.14. The van der Waals surface area contributed by atoms with Crippen LogP contribution in [0.1, 0.15) is 63.0 Å². The second-order valence-corrected chi connectivity index (χ2v) is 11.7. The van der Waals surface area contributed by atoms with E-state index in [2.05, 4.69) is 25.5 Å². The van der Waals surface area contributed by atoms with Gasteiger partial charge >= 0.3 is 5.97 Å². The number of rotatable bonds is 11. The minimum absolute atomic E-state index is 0.00414. The van der Waals surface area contributed by atoms with Crippen molar-refractivity contribution in [3.8, 4) is 22.0 Å². The Morgan fingerprint density at radius 3 is 2.64 bits per heavy atom. The number of carbonyl (C=O) groups is 2. The summed E-state index contributed by atoms with van der Waals surface area (Å²) in [6.07, 6.45) is 8.22. The number of nitrogens with zero attached hydrogens (tertiary/aromatic N) is 6. The number of esters is 1. The van der Waals surface area contributed by atoms with E-state index in [1.165, 1.54) is 22.2 Å². The predicted octanol–water partition coefficient (Wildman–Crippen LogP) is 4.80. The van der Waals surface area contributed by atoms with Gasteiger partial charge in [-0.1, -0.05) is 13.8 Å². The highest BCUT2D eigenvalue weighted by molar-refractivity contribution is 7.13. The Hall–Kier alpha value is -4.08. The lowest BCUT2D eigenvalue weighted by atomic mass is 9.93. The highest BCUT2D eigenvalue weighted by Gasteiger charge is 2.27. The lowest BCUT2D eigenvalue weighted by Crippen LogP contribution is -2.37. The van der Waals surface area contributed by atoms with E-state index in [0.717, 1.165) is 37.8 Å². The normalized spacial score (nSPS) is 17.5. The van der Waals surface area contributed by atoms with Gasteiger partial charge in [-0.25, -0.2) is 19.0 Å². The lowest BCUT2D eigenvalue weighted by Gasteiger charge is -2.28. The van der Waals surface area contributed by atoms with Crippen molar-refractivity contribution in [1.29, 1.82) is 0 Å². The van der Waals surface area contributed by atoms with Gasteiger partial charge < -0.3 is 20.5 Å². The maximum Gasteiger partial charge on any atom is 0.324 e. The molecule has 1 saturated carbocycles. The van der Waals surface area contributed by atoms with Crippen LogP contribution in [0.5, 0.6) is 0 Å². The molecule has 234 valence electrons. The molecule has 4 aromatic heterocycles. The van der Waals surface area contributed by atoms with Gasteiger partial charge in [0.05, 0.1) is 24.0 Å². The van der Waals surface area contributed by atoms with Crippen LogP contribution >= 0.6 is 11.3 Å². The Morgan fingerprint density at radius 2 is 1.91 bits per heavy atom. The predicted molar refractivity (Wildman–Crippen MR) is 158 cm³/mol. The van der Waals surface area contributed by atoms with E-state index in [1.807, 2.05) is 20.8 Å². The molecule has 1 fully saturated rings. The lowest BCUT2D eigenvalue weighted by molar-refractivity contribution is -0.150. The number of amides is 1. The van der Waals surface area contributed by atoms with Gasteiger partial charge in [0.2, 0.25) is 5.95 Å². The van der Waals surface area contributed by atoms with Crippen LogP contribution in [0.2, 0.25) is 0 Å². The highest BCUT2D eigenvalue weighted by atomic mass is 32.1. The molecular formula is C29H34F2N8O4S. The molecule has 12 nitrogen and oxygen atoms in total. The number of anilines is 1. The molecule has 0 bridgehead atoms. The zero-order valence-corrected chi connectivity index (χ0v) is 25.4. The molecule has 44 heavy (non-hydrogen) atoms. The molecule has 1 unspecified atom stereocenters. The largest absolute Gasteiger partial charge is 0.441 e. The molecule has 1 aliphatic carbocycles. The van der Waals surface area contributed by atoms with Gasteiger partial charge in [-0.2, -0.15) is 14.6 Å². The smallest absolute Gasteiger partial charge is 0.324 e. The number of halogens is 2. The van der Waals surface area contributed by atoms with Crippen molar-refractivity contribution in [3.63, 3.8) is 0 Å². The first-order valence-corrected chi connectivity index (χ1v) is 15.3. The third-order valence-electron chi connectivity index (χ3n) is 7.38. The Balaban J connectivity index is 1.32. The molecule has 5 rings (SSSR count). The van der Waals surface area contributed by atoms with Crippen LogP contribution in [0.15, 0.2) is 36.1 Å². The Labute approximate surface area is 256 Å². The second-order valence-electron chi connectivity index (χ2n) is 10.8. The van der Waals surface area contributed by atoms with E-state index in [4.69, 9.17) is 15.2 Å². The number of aromatic nitrogens is 6. The first kappa shape index (κ1) is 31.3. The molecule has 0 aliphatic heterocycles. The Morgan fingerprint density at radius 1 is 1.14 bits per heavy atom. The number of nitrogens with one attached hydrogen (secondary N) is 1. The average molecular weight is 629 g/mol. The van der Waals surface area contributed by atoms with E-state index >= 15 is 0 Å². The fourth-order valence-electron chi connectivity index (χ4n) is 4.88. The Kier molecular flexibility index (Phi) is 9.76. The molecule has 0 aromatic carbocycles. The fraction of sp³-hybridized carbons (Fsp3) is 0.448. The molecule has 0 radical (unpaired) electrons. The van der Waals surface area contributed by atoms with Crippen molar-refractivity contribution in [3.05, 3.63) is 53.6 Å². The third kappa shape index (κ3) is 7.17. The van der Waals surface area contributed by atoms with E-state index in [-0.39, 0.29) is 47.6 Å². The second kappa shape index (κ2) is 13.7. The number of nitrogens with two attached hydrogens (primary N) is 1. The number of thiazole rings is 1. The molecule has 1 aliphatic rings. The number of carbonyl (C=O) groups excluding carboxylic acids is 2. The summed E-state index contributed by atoms with van der Waals surface area (Å²) >= 11 is 1.22. The standard InChI is InChI=1S/C29H34F2N8O4S/c1-4-42-19-7-5-18(6-8-19)39-13-21(26(37-39)25-20(30)9-10-23(31)36-25)34-27(40)22-14-44-28(35-22)17-11-33-38(12-17)15-43-29(41)24(32)16(2)3/h9-14,16,18-19,24H,4-8,15,32H2,1-3H3,(H,34,40). The van der Waals surface area contributed by atoms with E-state index < -0.39 is 29.7 Å². The van der Waals surface area contributed by atoms with Crippen molar-refractivity contribution < 1.29 is 27.8 Å². The molecular weight excluding hydrogens is 594 g/mol. The van der Waals surface area contributed by atoms with Crippen molar-refractivity contribution in [1.82, 2.24) is 29.5 Å². The summed E-state index contributed by atoms with van der Waals surface area (Å²) in [5.41, 5.74) is 6.44. The molecule has 0 saturated heterocycles. The monoisotopic (exact) mass is 628 g/mol. The molecule has 15 heteroatoms. The molecule has 1 atom stereocenters. The van der Waals surface area contributed by atoms with Crippen molar-refractivity contribution in [2.24, 2.45) is 11.7 Å². The van der Waals surface area contributed by atoms with Crippen LogP contribution in [0.3, 0.4) is 0 Å². The van der Waals surface area contributed by atoms with Crippen LogP contribution in [-0.2, 0) is 21.0 Å². The maximum atomic E-state index is 14.8. The minimum atomic E-state index is -0.868. The van der Waals surface area contributed by atoms with Gasteiger partial charge in [0, 0.05) is 29.9 Å². The first-order chi connectivity index (χ1) is 21.1. The average Bonchev–Trinajstić information content (AvgIpc) is 3.77. The fourth-order valence-corrected chi connectivity index (χ4v) is 5.66. The summed E-state index contributed by atoms with van der Waals surface area (Å²) in [5.74, 6) is -2.79. The molecule has 0 spiro atoms. The van der Waals surface area contributed by atoms with Crippen molar-refractivity contribution >= 4 is 28.9 Å². The quantitative estimate of drug-likeness (QED) is 0.176. The summed E-state index contributed by atoms with van der Waals surface area (Å²) in [7, 11) is 0. The van der Waals surface area contributed by atoms with Gasteiger partial charge in [-0.05, 0) is 50.7 Å². The topological polar surface area (TPSA) is 152 Å². The van der Waals surface area contributed by atoms with Gasteiger partial charge in [-0.15, -0.1) is 11.3 Å². The van der Waals surface area contributed by atoms with E-state index in [0.29, 0.717) is 17.2 Å². The third-order valence-corrected chi connectivity index (χ3v) is 8.27. The maximum absolute atomic E-state index is 14.8. The van der Waals surface area contributed by atoms with Crippen LogP contribution in [-0.4, -0.2) is 60.2 Å². The van der Waals surface area contributed by atoms with Crippen LogP contribution in [0.25, 0.3) is 22.0 Å². The molecule has 4 aromatic rings. The van der Waals surface area contributed by atoms with Gasteiger partial charge in [-0.3, -0.25) is 14.3 Å². The summed E-state index contributed by atoms with van der Waals surface area (Å²) in [6, 6.07) is 1.16. The molecule has 4 heterocycles. The van der Waals surface area contributed by atoms with Crippen molar-refractivity contribution in [2.75, 3.05) is 11.9 Å². The molecule has 1 amide bonds. The summed E-state index contributed by atoms with van der Waals surface area (Å²) < 4.78 is 42.9. The summed E-state index contributed by atoms with van der Waals surface area (Å²) in [4.78, 5) is 33.5. The highest BCUT2D eigenvalue weighted by Crippen LogP contribution is 2.34. The SMILES string of the molecule is CCOC1CCC(n2cc(NC(=O)c3csc(-c4cnn(COC(=O)C(N)C(C)C)c4)n3)c(-c3nc(F)ccc3F)n2)CC1. The van der Waals surface area contributed by atoms with Gasteiger partial charge in [0.25, 0.3) is 5.91 Å². The minimum Gasteiger partial charge on any atom is -0.441 e.